The van der Waals surface area contributed by atoms with Crippen LogP contribution in [0.3, 0.4) is 0 Å². The summed E-state index contributed by atoms with van der Waals surface area (Å²) in [6.45, 7) is 6.87. The Morgan fingerprint density at radius 3 is 2.37 bits per heavy atom. The predicted octanol–water partition coefficient (Wildman–Crippen LogP) is 3.85. The molecule has 2 aromatic carbocycles. The first-order valence-electron chi connectivity index (χ1n) is 10.5. The number of carbonyl (C=O) groups is 2. The Bertz CT molecular complexity index is 852. The Kier molecular flexibility index (Phi) is 8.88. The fraction of sp³-hybridized carbons (Fsp3) is 0.417. The minimum absolute atomic E-state index is 0. The lowest BCUT2D eigenvalue weighted by Gasteiger charge is -2.28. The van der Waals surface area contributed by atoms with Gasteiger partial charge in [-0.05, 0) is 54.0 Å². The molecule has 5 nitrogen and oxygen atoms in total. The van der Waals surface area contributed by atoms with Gasteiger partial charge in [0, 0.05) is 12.2 Å². The van der Waals surface area contributed by atoms with Crippen LogP contribution < -0.4 is 16.0 Å². The number of hydrogen-bond donors (Lipinski definition) is 3. The molecule has 2 aromatic rings. The summed E-state index contributed by atoms with van der Waals surface area (Å²) in [5, 5.41) is 9.22. The zero-order valence-electron chi connectivity index (χ0n) is 17.9. The lowest BCUT2D eigenvalue weighted by Crippen LogP contribution is -2.53. The van der Waals surface area contributed by atoms with E-state index in [2.05, 4.69) is 48.9 Å². The number of nitrogens with one attached hydrogen (secondary N) is 3. The molecule has 0 unspecified atom stereocenters. The monoisotopic (exact) mass is 429 g/mol. The van der Waals surface area contributed by atoms with E-state index in [0.29, 0.717) is 19.4 Å². The van der Waals surface area contributed by atoms with Crippen LogP contribution in [-0.4, -0.2) is 23.9 Å². The number of amides is 2. The number of halogens is 1. The molecule has 6 heteroatoms. The Hall–Kier alpha value is -2.37. The highest BCUT2D eigenvalue weighted by molar-refractivity contribution is 5.98. The molecule has 1 aliphatic rings. The normalized spacial score (nSPS) is 16.2. The molecular weight excluding hydrogens is 398 g/mol. The number of anilines is 1. The first-order chi connectivity index (χ1) is 14.0. The standard InChI is InChI=1S/C24H31N3O2.ClH/c1-4-17-9-11-20(12-10-17)26-24(29)22(13-16(2)3)27-23(28)21-14-18-7-5-6-8-19(18)15-25-21;/h5-12,16,21-22,25H,4,13-15H2,1-3H3,(H,26,29)(H,27,28);1H/t21-,22+;/m0./s1. The SMILES string of the molecule is CCc1ccc(NC(=O)[C@@H](CC(C)C)NC(=O)[C@@H]2Cc3ccccc3CN2)cc1.Cl. The zero-order chi connectivity index (χ0) is 20.8. The Labute approximate surface area is 185 Å². The maximum Gasteiger partial charge on any atom is 0.246 e. The Morgan fingerprint density at radius 2 is 1.73 bits per heavy atom. The average Bonchev–Trinajstić information content (AvgIpc) is 2.73. The summed E-state index contributed by atoms with van der Waals surface area (Å²) < 4.78 is 0. The van der Waals surface area contributed by atoms with Crippen molar-refractivity contribution in [2.24, 2.45) is 5.92 Å². The van der Waals surface area contributed by atoms with Crippen molar-refractivity contribution in [3.8, 4) is 0 Å². The molecule has 2 atom stereocenters. The lowest BCUT2D eigenvalue weighted by atomic mass is 9.95. The average molecular weight is 430 g/mol. The van der Waals surface area contributed by atoms with Gasteiger partial charge in [-0.25, -0.2) is 0 Å². The van der Waals surface area contributed by atoms with E-state index in [1.54, 1.807) is 0 Å². The summed E-state index contributed by atoms with van der Waals surface area (Å²) in [6, 6.07) is 15.1. The van der Waals surface area contributed by atoms with E-state index in [0.717, 1.165) is 12.1 Å². The summed E-state index contributed by atoms with van der Waals surface area (Å²) in [4.78, 5) is 25.8. The quantitative estimate of drug-likeness (QED) is 0.626. The van der Waals surface area contributed by atoms with Crippen LogP contribution in [0, 0.1) is 5.92 Å². The second-order valence-corrected chi connectivity index (χ2v) is 8.14. The van der Waals surface area contributed by atoms with E-state index in [4.69, 9.17) is 0 Å². The second-order valence-electron chi connectivity index (χ2n) is 8.14. The summed E-state index contributed by atoms with van der Waals surface area (Å²) in [5.74, 6) is -0.0114. The highest BCUT2D eigenvalue weighted by atomic mass is 35.5. The molecule has 2 amide bonds. The van der Waals surface area contributed by atoms with Crippen molar-refractivity contribution in [1.29, 1.82) is 0 Å². The van der Waals surface area contributed by atoms with E-state index in [-0.39, 0.29) is 36.2 Å². The van der Waals surface area contributed by atoms with E-state index in [1.165, 1.54) is 16.7 Å². The highest BCUT2D eigenvalue weighted by Crippen LogP contribution is 2.17. The molecule has 3 rings (SSSR count). The number of hydrogen-bond acceptors (Lipinski definition) is 3. The van der Waals surface area contributed by atoms with Crippen molar-refractivity contribution in [2.75, 3.05) is 5.32 Å². The van der Waals surface area contributed by atoms with E-state index < -0.39 is 6.04 Å². The lowest BCUT2D eigenvalue weighted by molar-refractivity contribution is -0.128. The second kappa shape index (κ2) is 11.1. The van der Waals surface area contributed by atoms with Gasteiger partial charge >= 0.3 is 0 Å². The molecule has 3 N–H and O–H groups in total. The molecule has 0 bridgehead atoms. The van der Waals surface area contributed by atoms with Gasteiger partial charge in [-0.1, -0.05) is 57.2 Å². The fourth-order valence-electron chi connectivity index (χ4n) is 3.67. The third-order valence-corrected chi connectivity index (χ3v) is 5.37. The van der Waals surface area contributed by atoms with Crippen molar-refractivity contribution < 1.29 is 9.59 Å². The van der Waals surface area contributed by atoms with Crippen LogP contribution in [-0.2, 0) is 29.0 Å². The topological polar surface area (TPSA) is 70.2 Å². The number of aryl methyl sites for hydroxylation is 1. The fourth-order valence-corrected chi connectivity index (χ4v) is 3.67. The third kappa shape index (κ3) is 6.31. The molecule has 1 heterocycles. The van der Waals surface area contributed by atoms with E-state index >= 15 is 0 Å². The molecule has 30 heavy (non-hydrogen) atoms. The van der Waals surface area contributed by atoms with Gasteiger partial charge in [0.05, 0.1) is 6.04 Å². The van der Waals surface area contributed by atoms with Gasteiger partial charge in [0.2, 0.25) is 11.8 Å². The number of benzene rings is 2. The summed E-state index contributed by atoms with van der Waals surface area (Å²) in [6.07, 6.45) is 2.18. The molecule has 1 aliphatic heterocycles. The van der Waals surface area contributed by atoms with Gasteiger partial charge in [0.1, 0.15) is 6.04 Å². The highest BCUT2D eigenvalue weighted by Gasteiger charge is 2.28. The molecular formula is C24H32ClN3O2. The van der Waals surface area contributed by atoms with Crippen molar-refractivity contribution in [3.63, 3.8) is 0 Å². The van der Waals surface area contributed by atoms with Crippen LogP contribution in [0.1, 0.15) is 43.9 Å². The first-order valence-corrected chi connectivity index (χ1v) is 10.5. The molecule has 0 fully saturated rings. The minimum Gasteiger partial charge on any atom is -0.343 e. The minimum atomic E-state index is -0.563. The van der Waals surface area contributed by atoms with Gasteiger partial charge in [0.15, 0.2) is 0 Å². The third-order valence-electron chi connectivity index (χ3n) is 5.37. The molecule has 0 radical (unpaired) electrons. The van der Waals surface area contributed by atoms with Gasteiger partial charge in [0.25, 0.3) is 0 Å². The molecule has 0 aliphatic carbocycles. The van der Waals surface area contributed by atoms with Crippen LogP contribution in [0.2, 0.25) is 0 Å². The number of fused-ring (bicyclic) bond motifs is 1. The van der Waals surface area contributed by atoms with Crippen molar-refractivity contribution in [1.82, 2.24) is 10.6 Å². The summed E-state index contributed by atoms with van der Waals surface area (Å²) in [7, 11) is 0. The Morgan fingerprint density at radius 1 is 1.07 bits per heavy atom. The van der Waals surface area contributed by atoms with Gasteiger partial charge in [-0.15, -0.1) is 12.4 Å². The van der Waals surface area contributed by atoms with E-state index in [9.17, 15) is 9.59 Å². The van der Waals surface area contributed by atoms with Crippen LogP contribution >= 0.6 is 12.4 Å². The van der Waals surface area contributed by atoms with Crippen LogP contribution in [0.15, 0.2) is 48.5 Å². The smallest absolute Gasteiger partial charge is 0.246 e. The van der Waals surface area contributed by atoms with Crippen LogP contribution in [0.4, 0.5) is 5.69 Å². The van der Waals surface area contributed by atoms with Gasteiger partial charge < -0.3 is 16.0 Å². The predicted molar refractivity (Wildman–Crippen MR) is 124 cm³/mol. The zero-order valence-corrected chi connectivity index (χ0v) is 18.7. The van der Waals surface area contributed by atoms with E-state index in [1.807, 2.05) is 36.4 Å². The molecule has 0 saturated heterocycles. The largest absolute Gasteiger partial charge is 0.343 e. The first kappa shape index (κ1) is 23.9. The molecule has 162 valence electrons. The number of carbonyl (C=O) groups excluding carboxylic acids is 2. The number of rotatable bonds is 7. The van der Waals surface area contributed by atoms with Crippen molar-refractivity contribution >= 4 is 29.9 Å². The molecule has 0 saturated carbocycles. The van der Waals surface area contributed by atoms with Gasteiger partial charge in [-0.3, -0.25) is 9.59 Å². The Balaban J connectivity index is 0.00000320. The van der Waals surface area contributed by atoms with Crippen LogP contribution in [0.25, 0.3) is 0 Å². The molecule has 0 spiro atoms. The summed E-state index contributed by atoms with van der Waals surface area (Å²) >= 11 is 0. The van der Waals surface area contributed by atoms with Crippen molar-refractivity contribution in [3.05, 3.63) is 65.2 Å². The van der Waals surface area contributed by atoms with Crippen molar-refractivity contribution in [2.45, 2.75) is 58.7 Å². The summed E-state index contributed by atoms with van der Waals surface area (Å²) in [5.41, 5.74) is 4.38. The maximum atomic E-state index is 12.9. The van der Waals surface area contributed by atoms with Crippen LogP contribution in [0.5, 0.6) is 0 Å². The maximum absolute atomic E-state index is 12.9. The van der Waals surface area contributed by atoms with Gasteiger partial charge in [-0.2, -0.15) is 0 Å². The molecule has 0 aromatic heterocycles.